The Kier molecular flexibility index (Phi) is 6.93. The molecule has 0 bridgehead atoms. The van der Waals surface area contributed by atoms with Gasteiger partial charge < -0.3 is 10.1 Å². The topological polar surface area (TPSA) is 105 Å². The maximum Gasteiger partial charge on any atom is 0.335 e. The van der Waals surface area contributed by atoms with Gasteiger partial charge in [-0.3, -0.25) is 19.7 Å². The van der Waals surface area contributed by atoms with Crippen molar-refractivity contribution in [3.05, 3.63) is 94.5 Å². The first-order valence-corrected chi connectivity index (χ1v) is 10.9. The third-order valence-corrected chi connectivity index (χ3v) is 5.32. The van der Waals surface area contributed by atoms with Crippen LogP contribution in [0.1, 0.15) is 11.1 Å². The summed E-state index contributed by atoms with van der Waals surface area (Å²) < 4.78 is 5.66. The average molecular weight is 490 g/mol. The van der Waals surface area contributed by atoms with Crippen molar-refractivity contribution in [2.75, 3.05) is 16.8 Å². The molecular formula is C26H20ClN3O5. The van der Waals surface area contributed by atoms with Gasteiger partial charge >= 0.3 is 6.03 Å². The monoisotopic (exact) mass is 489 g/mol. The van der Waals surface area contributed by atoms with Crippen LogP contribution >= 0.6 is 11.6 Å². The van der Waals surface area contributed by atoms with Crippen molar-refractivity contribution in [1.82, 2.24) is 5.32 Å². The Morgan fingerprint density at radius 1 is 1.03 bits per heavy atom. The second-order valence-corrected chi connectivity index (χ2v) is 8.11. The summed E-state index contributed by atoms with van der Waals surface area (Å²) in [6.45, 7) is 1.63. The third-order valence-electron chi connectivity index (χ3n) is 5.07. The van der Waals surface area contributed by atoms with E-state index in [2.05, 4.69) is 10.6 Å². The van der Waals surface area contributed by atoms with Crippen LogP contribution in [-0.2, 0) is 14.4 Å². The lowest BCUT2D eigenvalue weighted by Gasteiger charge is -2.26. The lowest BCUT2D eigenvalue weighted by atomic mass is 10.1. The quantitative estimate of drug-likeness (QED) is 0.396. The SMILES string of the molecule is Cc1cccc(NC(=O)COc2ccccc2/C=C2\C(=O)NC(=O)N(c3ccc(Cl)cc3)C2=O)c1. The van der Waals surface area contributed by atoms with Crippen molar-refractivity contribution >= 4 is 52.8 Å². The Morgan fingerprint density at radius 2 is 1.77 bits per heavy atom. The molecule has 176 valence electrons. The van der Waals surface area contributed by atoms with Gasteiger partial charge in [0.1, 0.15) is 11.3 Å². The molecule has 1 aliphatic rings. The molecule has 9 heteroatoms. The molecule has 2 N–H and O–H groups in total. The van der Waals surface area contributed by atoms with Crippen molar-refractivity contribution in [3.8, 4) is 5.75 Å². The van der Waals surface area contributed by atoms with E-state index < -0.39 is 17.8 Å². The predicted octanol–water partition coefficient (Wildman–Crippen LogP) is 4.33. The van der Waals surface area contributed by atoms with E-state index in [9.17, 15) is 19.2 Å². The molecule has 0 spiro atoms. The number of nitrogens with zero attached hydrogens (tertiary/aromatic N) is 1. The van der Waals surface area contributed by atoms with E-state index in [1.165, 1.54) is 30.3 Å². The fourth-order valence-corrected chi connectivity index (χ4v) is 3.56. The zero-order valence-electron chi connectivity index (χ0n) is 18.6. The fraction of sp³-hybridized carbons (Fsp3) is 0.0769. The summed E-state index contributed by atoms with van der Waals surface area (Å²) in [5, 5.41) is 5.35. The molecule has 0 saturated carbocycles. The molecule has 0 aliphatic carbocycles. The van der Waals surface area contributed by atoms with Crippen LogP contribution in [0.4, 0.5) is 16.2 Å². The number of hydrogen-bond donors (Lipinski definition) is 2. The summed E-state index contributed by atoms with van der Waals surface area (Å²) >= 11 is 5.89. The second kappa shape index (κ2) is 10.2. The Bertz CT molecular complexity index is 1350. The number of rotatable bonds is 6. The van der Waals surface area contributed by atoms with Crippen molar-refractivity contribution in [3.63, 3.8) is 0 Å². The fourth-order valence-electron chi connectivity index (χ4n) is 3.43. The molecular weight excluding hydrogens is 470 g/mol. The highest BCUT2D eigenvalue weighted by Gasteiger charge is 2.37. The molecule has 0 radical (unpaired) electrons. The number of urea groups is 1. The first-order chi connectivity index (χ1) is 16.8. The number of imide groups is 2. The average Bonchev–Trinajstić information content (AvgIpc) is 2.82. The number of nitrogens with one attached hydrogen (secondary N) is 2. The van der Waals surface area contributed by atoms with Crippen LogP contribution in [0.25, 0.3) is 6.08 Å². The molecule has 1 saturated heterocycles. The zero-order chi connectivity index (χ0) is 24.9. The summed E-state index contributed by atoms with van der Waals surface area (Å²) in [4.78, 5) is 51.1. The Balaban J connectivity index is 1.54. The van der Waals surface area contributed by atoms with Crippen LogP contribution in [0.5, 0.6) is 5.75 Å². The normalized spacial score (nSPS) is 14.6. The predicted molar refractivity (Wildman–Crippen MR) is 132 cm³/mol. The van der Waals surface area contributed by atoms with Crippen molar-refractivity contribution in [2.45, 2.75) is 6.92 Å². The number of halogens is 1. The number of carbonyl (C=O) groups excluding carboxylic acids is 4. The summed E-state index contributed by atoms with van der Waals surface area (Å²) in [5.74, 6) is -1.72. The lowest BCUT2D eigenvalue weighted by Crippen LogP contribution is -2.54. The highest BCUT2D eigenvalue weighted by Crippen LogP contribution is 2.26. The van der Waals surface area contributed by atoms with E-state index in [0.717, 1.165) is 10.5 Å². The largest absolute Gasteiger partial charge is 0.483 e. The summed E-state index contributed by atoms with van der Waals surface area (Å²) in [7, 11) is 0. The number of hydrogen-bond acceptors (Lipinski definition) is 5. The Hall–Kier alpha value is -4.43. The first kappa shape index (κ1) is 23.7. The van der Waals surface area contributed by atoms with Gasteiger partial charge in [-0.2, -0.15) is 0 Å². The molecule has 5 amide bonds. The molecule has 1 heterocycles. The summed E-state index contributed by atoms with van der Waals surface area (Å²) in [6.07, 6.45) is 1.32. The van der Waals surface area contributed by atoms with E-state index in [1.807, 2.05) is 25.1 Å². The number of carbonyl (C=O) groups is 4. The highest BCUT2D eigenvalue weighted by molar-refractivity contribution is 6.39. The smallest absolute Gasteiger partial charge is 0.335 e. The minimum Gasteiger partial charge on any atom is -0.483 e. The molecule has 4 rings (SSSR count). The van der Waals surface area contributed by atoms with Gasteiger partial charge in [-0.05, 0) is 61.0 Å². The maximum atomic E-state index is 13.1. The molecule has 0 unspecified atom stereocenters. The molecule has 1 fully saturated rings. The molecule has 8 nitrogen and oxygen atoms in total. The van der Waals surface area contributed by atoms with E-state index in [1.54, 1.807) is 30.3 Å². The van der Waals surface area contributed by atoms with Crippen LogP contribution in [0.2, 0.25) is 5.02 Å². The molecule has 35 heavy (non-hydrogen) atoms. The van der Waals surface area contributed by atoms with E-state index in [0.29, 0.717) is 16.3 Å². The van der Waals surface area contributed by atoms with Crippen molar-refractivity contribution in [1.29, 1.82) is 0 Å². The summed E-state index contributed by atoms with van der Waals surface area (Å²) in [6, 6.07) is 19.2. The van der Waals surface area contributed by atoms with Gasteiger partial charge in [0.2, 0.25) is 0 Å². The molecule has 3 aromatic rings. The van der Waals surface area contributed by atoms with Gasteiger partial charge in [-0.1, -0.05) is 41.9 Å². The van der Waals surface area contributed by atoms with Gasteiger partial charge in [0.25, 0.3) is 17.7 Å². The van der Waals surface area contributed by atoms with Crippen molar-refractivity contribution in [2.24, 2.45) is 0 Å². The first-order valence-electron chi connectivity index (χ1n) is 10.6. The van der Waals surface area contributed by atoms with Gasteiger partial charge in [0, 0.05) is 16.3 Å². The van der Waals surface area contributed by atoms with Crippen LogP contribution in [-0.4, -0.2) is 30.4 Å². The van der Waals surface area contributed by atoms with Gasteiger partial charge in [0.05, 0.1) is 5.69 Å². The minimum absolute atomic E-state index is 0.257. The molecule has 1 aliphatic heterocycles. The maximum absolute atomic E-state index is 13.1. The van der Waals surface area contributed by atoms with E-state index in [-0.39, 0.29) is 29.5 Å². The lowest BCUT2D eigenvalue weighted by molar-refractivity contribution is -0.122. The van der Waals surface area contributed by atoms with Crippen molar-refractivity contribution < 1.29 is 23.9 Å². The Morgan fingerprint density at radius 3 is 2.51 bits per heavy atom. The number of amides is 5. The Labute approximate surface area is 206 Å². The van der Waals surface area contributed by atoms with Gasteiger partial charge in [-0.25, -0.2) is 9.69 Å². The number of barbiturate groups is 1. The molecule has 3 aromatic carbocycles. The van der Waals surface area contributed by atoms with Crippen LogP contribution < -0.4 is 20.3 Å². The number of benzene rings is 3. The highest BCUT2D eigenvalue weighted by atomic mass is 35.5. The number of anilines is 2. The number of ether oxygens (including phenoxy) is 1. The minimum atomic E-state index is -0.864. The van der Waals surface area contributed by atoms with E-state index >= 15 is 0 Å². The van der Waals surface area contributed by atoms with Crippen LogP contribution in [0.3, 0.4) is 0 Å². The molecule has 0 atom stereocenters. The standard InChI is InChI=1S/C26H20ClN3O5/c1-16-5-4-7-19(13-16)28-23(31)15-35-22-8-3-2-6-17(22)14-21-24(32)29-26(34)30(25(21)33)20-11-9-18(27)10-12-20/h2-14H,15H2,1H3,(H,28,31)(H,29,32,34)/b21-14+. The zero-order valence-corrected chi connectivity index (χ0v) is 19.3. The third kappa shape index (κ3) is 5.56. The van der Waals surface area contributed by atoms with Crippen LogP contribution in [0, 0.1) is 6.92 Å². The summed E-state index contributed by atoms with van der Waals surface area (Å²) in [5.41, 5.74) is 2.03. The van der Waals surface area contributed by atoms with Gasteiger partial charge in [0.15, 0.2) is 6.61 Å². The van der Waals surface area contributed by atoms with Crippen LogP contribution in [0.15, 0.2) is 78.4 Å². The number of aryl methyl sites for hydroxylation is 1. The van der Waals surface area contributed by atoms with Gasteiger partial charge in [-0.15, -0.1) is 0 Å². The second-order valence-electron chi connectivity index (χ2n) is 7.68. The molecule has 0 aromatic heterocycles. The number of para-hydroxylation sites is 1. The van der Waals surface area contributed by atoms with E-state index in [4.69, 9.17) is 16.3 Å².